The minimum Gasteiger partial charge on any atom is -0.466 e. The van der Waals surface area contributed by atoms with Crippen LogP contribution in [0.3, 0.4) is 0 Å². The molecule has 0 unspecified atom stereocenters. The Kier molecular flexibility index (Phi) is 5.23. The lowest BCUT2D eigenvalue weighted by atomic mass is 10.2. The Bertz CT molecular complexity index is 505. The molecular formula is C12H18N4O3. The highest BCUT2D eigenvalue weighted by Gasteiger charge is 2.12. The van der Waals surface area contributed by atoms with Gasteiger partial charge < -0.3 is 4.74 Å². The lowest BCUT2D eigenvalue weighted by molar-refractivity contribution is -0.141. The molecule has 1 amide bonds. The summed E-state index contributed by atoms with van der Waals surface area (Å²) < 4.78 is 6.38. The van der Waals surface area contributed by atoms with Crippen molar-refractivity contribution in [2.45, 2.75) is 27.2 Å². The quantitative estimate of drug-likeness (QED) is 0.485. The SMILES string of the molecule is CCOC(=O)C/C(C)=N/NC(=O)c1cnn(C)c1C. The van der Waals surface area contributed by atoms with Gasteiger partial charge in [0.2, 0.25) is 0 Å². The minimum absolute atomic E-state index is 0.0557. The maximum atomic E-state index is 11.8. The summed E-state index contributed by atoms with van der Waals surface area (Å²) >= 11 is 0. The second-order valence-electron chi connectivity index (χ2n) is 4.04. The van der Waals surface area contributed by atoms with E-state index >= 15 is 0 Å². The Morgan fingerprint density at radius 3 is 2.74 bits per heavy atom. The molecule has 1 aromatic heterocycles. The van der Waals surface area contributed by atoms with E-state index in [1.807, 2.05) is 0 Å². The predicted octanol–water partition coefficient (Wildman–Crippen LogP) is 0.787. The number of hydrazone groups is 1. The summed E-state index contributed by atoms with van der Waals surface area (Å²) in [6.45, 7) is 5.50. The zero-order chi connectivity index (χ0) is 14.4. The first kappa shape index (κ1) is 14.9. The van der Waals surface area contributed by atoms with Gasteiger partial charge >= 0.3 is 5.97 Å². The zero-order valence-electron chi connectivity index (χ0n) is 11.6. The molecule has 0 aliphatic carbocycles. The molecule has 0 radical (unpaired) electrons. The van der Waals surface area contributed by atoms with Crippen molar-refractivity contribution in [3.8, 4) is 0 Å². The highest BCUT2D eigenvalue weighted by Crippen LogP contribution is 2.04. The van der Waals surface area contributed by atoms with Crippen LogP contribution >= 0.6 is 0 Å². The molecule has 19 heavy (non-hydrogen) atoms. The number of aromatic nitrogens is 2. The third-order valence-electron chi connectivity index (χ3n) is 2.53. The van der Waals surface area contributed by atoms with Gasteiger partial charge in [-0.25, -0.2) is 5.43 Å². The fourth-order valence-corrected chi connectivity index (χ4v) is 1.39. The van der Waals surface area contributed by atoms with E-state index in [1.54, 1.807) is 32.5 Å². The van der Waals surface area contributed by atoms with Crippen molar-refractivity contribution in [2.75, 3.05) is 6.61 Å². The van der Waals surface area contributed by atoms with Crippen molar-refractivity contribution in [1.82, 2.24) is 15.2 Å². The van der Waals surface area contributed by atoms with Crippen LogP contribution in [0.25, 0.3) is 0 Å². The topological polar surface area (TPSA) is 85.6 Å². The van der Waals surface area contributed by atoms with Crippen molar-refractivity contribution in [3.63, 3.8) is 0 Å². The predicted molar refractivity (Wildman–Crippen MR) is 69.8 cm³/mol. The molecular weight excluding hydrogens is 248 g/mol. The van der Waals surface area contributed by atoms with Gasteiger partial charge in [0.15, 0.2) is 0 Å². The van der Waals surface area contributed by atoms with E-state index in [9.17, 15) is 9.59 Å². The summed E-state index contributed by atoms with van der Waals surface area (Å²) in [4.78, 5) is 23.0. The largest absolute Gasteiger partial charge is 0.466 e. The van der Waals surface area contributed by atoms with Gasteiger partial charge in [-0.3, -0.25) is 14.3 Å². The number of carbonyl (C=O) groups is 2. The normalized spacial score (nSPS) is 11.3. The van der Waals surface area contributed by atoms with Gasteiger partial charge in [-0.15, -0.1) is 0 Å². The van der Waals surface area contributed by atoms with Crippen molar-refractivity contribution in [1.29, 1.82) is 0 Å². The Balaban J connectivity index is 2.58. The van der Waals surface area contributed by atoms with Gasteiger partial charge in [-0.05, 0) is 20.8 Å². The standard InChI is InChI=1S/C12H18N4O3/c1-5-19-11(17)6-8(2)14-15-12(18)10-7-13-16(4)9(10)3/h7H,5-6H2,1-4H3,(H,15,18)/b14-8+. The van der Waals surface area contributed by atoms with Gasteiger partial charge in [0.05, 0.1) is 24.8 Å². The summed E-state index contributed by atoms with van der Waals surface area (Å²) in [6, 6.07) is 0. The number of hydrogen-bond acceptors (Lipinski definition) is 5. The Morgan fingerprint density at radius 2 is 2.21 bits per heavy atom. The van der Waals surface area contributed by atoms with Crippen molar-refractivity contribution < 1.29 is 14.3 Å². The summed E-state index contributed by atoms with van der Waals surface area (Å²) in [5.41, 5.74) is 4.07. The molecule has 104 valence electrons. The fraction of sp³-hybridized carbons (Fsp3) is 0.500. The lowest BCUT2D eigenvalue weighted by Crippen LogP contribution is -2.20. The van der Waals surface area contributed by atoms with Gasteiger partial charge in [-0.2, -0.15) is 10.2 Å². The van der Waals surface area contributed by atoms with Crippen LogP contribution in [-0.4, -0.2) is 34.0 Å². The molecule has 0 fully saturated rings. The van der Waals surface area contributed by atoms with Crippen LogP contribution in [0.1, 0.15) is 36.3 Å². The summed E-state index contributed by atoms with van der Waals surface area (Å²) in [5.74, 6) is -0.718. The molecule has 0 atom stereocenters. The Hall–Kier alpha value is -2.18. The van der Waals surface area contributed by atoms with Crippen LogP contribution < -0.4 is 5.43 Å². The van der Waals surface area contributed by atoms with Gasteiger partial charge in [0, 0.05) is 18.5 Å². The highest BCUT2D eigenvalue weighted by atomic mass is 16.5. The molecule has 0 bridgehead atoms. The van der Waals surface area contributed by atoms with Crippen LogP contribution in [0.15, 0.2) is 11.3 Å². The number of hydrogen-bond donors (Lipinski definition) is 1. The van der Waals surface area contributed by atoms with E-state index in [0.717, 1.165) is 5.69 Å². The van der Waals surface area contributed by atoms with Crippen LogP contribution in [0, 0.1) is 6.92 Å². The number of nitrogens with one attached hydrogen (secondary N) is 1. The maximum absolute atomic E-state index is 11.8. The van der Waals surface area contributed by atoms with E-state index in [2.05, 4.69) is 15.6 Å². The number of amides is 1. The number of esters is 1. The highest BCUT2D eigenvalue weighted by molar-refractivity contribution is 5.99. The van der Waals surface area contributed by atoms with Crippen LogP contribution in [0.2, 0.25) is 0 Å². The number of aryl methyl sites for hydroxylation is 1. The minimum atomic E-state index is -0.365. The van der Waals surface area contributed by atoms with Crippen LogP contribution in [0.4, 0.5) is 0 Å². The molecule has 1 N–H and O–H groups in total. The summed E-state index contributed by atoms with van der Waals surface area (Å²) in [7, 11) is 1.75. The first-order valence-corrected chi connectivity index (χ1v) is 5.93. The summed E-state index contributed by atoms with van der Waals surface area (Å²) in [6.07, 6.45) is 1.53. The molecule has 1 rings (SSSR count). The second kappa shape index (κ2) is 6.67. The number of ether oxygens (including phenoxy) is 1. The average Bonchev–Trinajstić information content (AvgIpc) is 2.67. The molecule has 0 aliphatic rings. The fourth-order valence-electron chi connectivity index (χ4n) is 1.39. The van der Waals surface area contributed by atoms with E-state index < -0.39 is 0 Å². The molecule has 7 heteroatoms. The molecule has 7 nitrogen and oxygen atoms in total. The van der Waals surface area contributed by atoms with Crippen molar-refractivity contribution in [3.05, 3.63) is 17.5 Å². The van der Waals surface area contributed by atoms with E-state index in [1.165, 1.54) is 6.20 Å². The van der Waals surface area contributed by atoms with Crippen molar-refractivity contribution in [2.24, 2.45) is 12.1 Å². The smallest absolute Gasteiger partial charge is 0.311 e. The molecule has 0 aliphatic heterocycles. The number of nitrogens with zero attached hydrogens (tertiary/aromatic N) is 3. The molecule has 0 saturated carbocycles. The van der Waals surface area contributed by atoms with Crippen molar-refractivity contribution >= 4 is 17.6 Å². The summed E-state index contributed by atoms with van der Waals surface area (Å²) in [5, 5.41) is 7.82. The Labute approximate surface area is 111 Å². The molecule has 1 heterocycles. The van der Waals surface area contributed by atoms with E-state index in [4.69, 9.17) is 4.74 Å². The Morgan fingerprint density at radius 1 is 1.53 bits per heavy atom. The lowest BCUT2D eigenvalue weighted by Gasteiger charge is -2.03. The van der Waals surface area contributed by atoms with E-state index in [0.29, 0.717) is 17.9 Å². The molecule has 0 aromatic carbocycles. The molecule has 0 spiro atoms. The zero-order valence-corrected chi connectivity index (χ0v) is 11.6. The number of rotatable bonds is 5. The molecule has 0 saturated heterocycles. The third-order valence-corrected chi connectivity index (χ3v) is 2.53. The molecule has 1 aromatic rings. The van der Waals surface area contributed by atoms with Gasteiger partial charge in [0.1, 0.15) is 0 Å². The first-order chi connectivity index (χ1) is 8.95. The second-order valence-corrected chi connectivity index (χ2v) is 4.04. The maximum Gasteiger partial charge on any atom is 0.311 e. The first-order valence-electron chi connectivity index (χ1n) is 5.93. The number of carbonyl (C=O) groups excluding carboxylic acids is 2. The monoisotopic (exact) mass is 266 g/mol. The third kappa shape index (κ3) is 4.20. The average molecular weight is 266 g/mol. The van der Waals surface area contributed by atoms with E-state index in [-0.39, 0.29) is 18.3 Å². The van der Waals surface area contributed by atoms with Gasteiger partial charge in [-0.1, -0.05) is 0 Å². The van der Waals surface area contributed by atoms with Crippen LogP contribution in [0.5, 0.6) is 0 Å². The van der Waals surface area contributed by atoms with Crippen LogP contribution in [-0.2, 0) is 16.6 Å². The van der Waals surface area contributed by atoms with Gasteiger partial charge in [0.25, 0.3) is 5.91 Å².